The van der Waals surface area contributed by atoms with Crippen molar-refractivity contribution in [3.8, 4) is 0 Å². The van der Waals surface area contributed by atoms with E-state index in [0.717, 1.165) is 26.2 Å². The average molecular weight is 259 g/mol. The van der Waals surface area contributed by atoms with E-state index in [2.05, 4.69) is 42.0 Å². The Morgan fingerprint density at radius 3 is 2.95 bits per heavy atom. The van der Waals surface area contributed by atoms with Crippen LogP contribution in [0.2, 0.25) is 0 Å². The topological polar surface area (TPSA) is 32.5 Å². The largest absolute Gasteiger partial charge is 0.374 e. The van der Waals surface area contributed by atoms with Crippen LogP contribution in [0.4, 0.5) is 5.69 Å². The van der Waals surface area contributed by atoms with Crippen LogP contribution in [0.25, 0.3) is 0 Å². The minimum atomic E-state index is 0.671. The van der Waals surface area contributed by atoms with E-state index in [1.54, 1.807) is 0 Å². The van der Waals surface area contributed by atoms with E-state index in [4.69, 9.17) is 5.73 Å². The zero-order valence-corrected chi connectivity index (χ0v) is 12.1. The SMILES string of the molecule is CC1CC(CN)CN1Cc1ccc2c(c1)CCN2C. The van der Waals surface area contributed by atoms with Gasteiger partial charge in [-0.05, 0) is 49.4 Å². The van der Waals surface area contributed by atoms with Crippen molar-refractivity contribution in [2.45, 2.75) is 32.4 Å². The minimum Gasteiger partial charge on any atom is -0.374 e. The molecule has 0 aromatic heterocycles. The van der Waals surface area contributed by atoms with Gasteiger partial charge in [0, 0.05) is 38.4 Å². The standard InChI is InChI=1S/C16H25N3/c1-12-7-14(9-17)11-19(12)10-13-3-4-16-15(8-13)5-6-18(16)2/h3-4,8,12,14H,5-7,9-11,17H2,1-2H3. The van der Waals surface area contributed by atoms with Crippen molar-refractivity contribution in [3.63, 3.8) is 0 Å². The van der Waals surface area contributed by atoms with Gasteiger partial charge in [0.15, 0.2) is 0 Å². The Hall–Kier alpha value is -1.06. The average Bonchev–Trinajstić information content (AvgIpc) is 2.94. The van der Waals surface area contributed by atoms with Crippen LogP contribution < -0.4 is 10.6 Å². The molecule has 2 atom stereocenters. The maximum atomic E-state index is 5.81. The van der Waals surface area contributed by atoms with Gasteiger partial charge >= 0.3 is 0 Å². The van der Waals surface area contributed by atoms with Crippen LogP contribution in [0.1, 0.15) is 24.5 Å². The van der Waals surface area contributed by atoms with Crippen LogP contribution in [-0.4, -0.2) is 37.6 Å². The molecule has 2 aliphatic rings. The molecule has 1 aromatic carbocycles. The number of nitrogens with two attached hydrogens (primary N) is 1. The van der Waals surface area contributed by atoms with E-state index < -0.39 is 0 Å². The third kappa shape index (κ3) is 2.49. The smallest absolute Gasteiger partial charge is 0.0397 e. The Morgan fingerprint density at radius 1 is 1.37 bits per heavy atom. The van der Waals surface area contributed by atoms with Crippen molar-refractivity contribution in [2.24, 2.45) is 11.7 Å². The number of rotatable bonds is 3. The molecule has 0 bridgehead atoms. The van der Waals surface area contributed by atoms with Crippen molar-refractivity contribution in [1.29, 1.82) is 0 Å². The van der Waals surface area contributed by atoms with Gasteiger partial charge in [-0.15, -0.1) is 0 Å². The van der Waals surface area contributed by atoms with Crippen molar-refractivity contribution in [1.82, 2.24) is 4.90 Å². The maximum absolute atomic E-state index is 5.81. The summed E-state index contributed by atoms with van der Waals surface area (Å²) in [6.07, 6.45) is 2.45. The molecule has 19 heavy (non-hydrogen) atoms. The molecule has 104 valence electrons. The predicted octanol–water partition coefficient (Wildman–Crippen LogP) is 1.85. The quantitative estimate of drug-likeness (QED) is 0.899. The van der Waals surface area contributed by atoms with Crippen molar-refractivity contribution >= 4 is 5.69 Å². The van der Waals surface area contributed by atoms with Crippen LogP contribution in [0.15, 0.2) is 18.2 Å². The summed E-state index contributed by atoms with van der Waals surface area (Å²) < 4.78 is 0. The fraction of sp³-hybridized carbons (Fsp3) is 0.625. The van der Waals surface area contributed by atoms with Crippen molar-refractivity contribution in [2.75, 3.05) is 31.6 Å². The van der Waals surface area contributed by atoms with Gasteiger partial charge in [-0.3, -0.25) is 4.90 Å². The molecule has 1 saturated heterocycles. The molecule has 0 radical (unpaired) electrons. The first kappa shape index (κ1) is 12.9. The molecule has 2 unspecified atom stereocenters. The van der Waals surface area contributed by atoms with Crippen LogP contribution in [0, 0.1) is 5.92 Å². The van der Waals surface area contributed by atoms with Crippen LogP contribution in [0.5, 0.6) is 0 Å². The molecule has 2 heterocycles. The Labute approximate surface area is 116 Å². The van der Waals surface area contributed by atoms with Gasteiger partial charge in [0.25, 0.3) is 0 Å². The van der Waals surface area contributed by atoms with E-state index in [9.17, 15) is 0 Å². The zero-order chi connectivity index (χ0) is 13.4. The van der Waals surface area contributed by atoms with Crippen molar-refractivity contribution < 1.29 is 0 Å². The van der Waals surface area contributed by atoms with Gasteiger partial charge in [0.1, 0.15) is 0 Å². The molecule has 0 aliphatic carbocycles. The Bertz CT molecular complexity index is 457. The lowest BCUT2D eigenvalue weighted by molar-refractivity contribution is 0.256. The fourth-order valence-corrected chi connectivity index (χ4v) is 3.56. The summed E-state index contributed by atoms with van der Waals surface area (Å²) in [7, 11) is 2.18. The molecular formula is C16H25N3. The molecule has 2 N–H and O–H groups in total. The van der Waals surface area contributed by atoms with Gasteiger partial charge < -0.3 is 10.6 Å². The number of benzene rings is 1. The van der Waals surface area contributed by atoms with Crippen LogP contribution in [-0.2, 0) is 13.0 Å². The summed E-state index contributed by atoms with van der Waals surface area (Å²) in [6.45, 7) is 6.56. The Morgan fingerprint density at radius 2 is 2.21 bits per heavy atom. The van der Waals surface area contributed by atoms with E-state index in [1.165, 1.54) is 29.7 Å². The van der Waals surface area contributed by atoms with Gasteiger partial charge in [0.05, 0.1) is 0 Å². The lowest BCUT2D eigenvalue weighted by Crippen LogP contribution is -2.27. The molecule has 3 rings (SSSR count). The molecule has 0 amide bonds. The van der Waals surface area contributed by atoms with E-state index in [1.807, 2.05) is 0 Å². The fourth-order valence-electron chi connectivity index (χ4n) is 3.56. The highest BCUT2D eigenvalue weighted by Gasteiger charge is 2.28. The number of hydrogen-bond acceptors (Lipinski definition) is 3. The third-order valence-electron chi connectivity index (χ3n) is 4.78. The second-order valence-electron chi connectivity index (χ2n) is 6.25. The number of hydrogen-bond donors (Lipinski definition) is 1. The lowest BCUT2D eigenvalue weighted by Gasteiger charge is -2.21. The number of likely N-dealkylation sites (N-methyl/N-ethyl adjacent to an activating group) is 1. The molecule has 2 aliphatic heterocycles. The number of anilines is 1. The highest BCUT2D eigenvalue weighted by atomic mass is 15.2. The molecule has 3 heteroatoms. The van der Waals surface area contributed by atoms with Crippen LogP contribution in [0.3, 0.4) is 0 Å². The first-order chi connectivity index (χ1) is 9.17. The normalized spacial score (nSPS) is 27.0. The predicted molar refractivity (Wildman–Crippen MR) is 80.4 cm³/mol. The number of fused-ring (bicyclic) bond motifs is 1. The third-order valence-corrected chi connectivity index (χ3v) is 4.78. The summed E-state index contributed by atoms with van der Waals surface area (Å²) >= 11 is 0. The molecule has 0 spiro atoms. The summed E-state index contributed by atoms with van der Waals surface area (Å²) in [5.74, 6) is 0.690. The summed E-state index contributed by atoms with van der Waals surface area (Å²) in [6, 6.07) is 7.66. The molecular weight excluding hydrogens is 234 g/mol. The minimum absolute atomic E-state index is 0.671. The maximum Gasteiger partial charge on any atom is 0.0397 e. The Balaban J connectivity index is 1.71. The van der Waals surface area contributed by atoms with Crippen LogP contribution >= 0.6 is 0 Å². The monoisotopic (exact) mass is 259 g/mol. The van der Waals surface area contributed by atoms with Gasteiger partial charge in [0.2, 0.25) is 0 Å². The lowest BCUT2D eigenvalue weighted by atomic mass is 10.1. The van der Waals surface area contributed by atoms with E-state index >= 15 is 0 Å². The summed E-state index contributed by atoms with van der Waals surface area (Å²) in [4.78, 5) is 4.93. The molecule has 1 aromatic rings. The van der Waals surface area contributed by atoms with Gasteiger partial charge in [-0.25, -0.2) is 0 Å². The van der Waals surface area contributed by atoms with Gasteiger partial charge in [-0.2, -0.15) is 0 Å². The molecule has 1 fully saturated rings. The van der Waals surface area contributed by atoms with E-state index in [-0.39, 0.29) is 0 Å². The van der Waals surface area contributed by atoms with Crippen molar-refractivity contribution in [3.05, 3.63) is 29.3 Å². The summed E-state index contributed by atoms with van der Waals surface area (Å²) in [5.41, 5.74) is 10.2. The van der Waals surface area contributed by atoms with Gasteiger partial charge in [-0.1, -0.05) is 12.1 Å². The second kappa shape index (κ2) is 5.14. The molecule has 0 saturated carbocycles. The first-order valence-electron chi connectivity index (χ1n) is 7.44. The number of nitrogens with zero attached hydrogens (tertiary/aromatic N) is 2. The molecule has 3 nitrogen and oxygen atoms in total. The highest BCUT2D eigenvalue weighted by Crippen LogP contribution is 2.29. The highest BCUT2D eigenvalue weighted by molar-refractivity contribution is 5.58. The number of likely N-dealkylation sites (tertiary alicyclic amines) is 1. The summed E-state index contributed by atoms with van der Waals surface area (Å²) in [5, 5.41) is 0. The van der Waals surface area contributed by atoms with E-state index in [0.29, 0.717) is 12.0 Å². The zero-order valence-electron chi connectivity index (χ0n) is 12.1. The Kier molecular flexibility index (Phi) is 3.50. The second-order valence-corrected chi connectivity index (χ2v) is 6.25. The first-order valence-corrected chi connectivity index (χ1v) is 7.44.